The van der Waals surface area contributed by atoms with E-state index in [0.29, 0.717) is 12.1 Å². The van der Waals surface area contributed by atoms with Crippen molar-refractivity contribution in [1.82, 2.24) is 14.9 Å². The molecule has 7 nitrogen and oxygen atoms in total. The van der Waals surface area contributed by atoms with Crippen LogP contribution < -0.4 is 5.32 Å². The fourth-order valence-corrected chi connectivity index (χ4v) is 5.09. The molecule has 0 spiro atoms. The number of aromatic amines is 1. The number of hydrogen-bond donors (Lipinski definition) is 2. The zero-order valence-electron chi connectivity index (χ0n) is 20.4. The number of nitrogens with one attached hydrogen (secondary N) is 2. The Hall–Kier alpha value is -4.52. The van der Waals surface area contributed by atoms with Gasteiger partial charge in [-0.05, 0) is 53.3 Å². The molecule has 6 rings (SSSR count). The molecular weight excluding hydrogens is 462 g/mol. The molecule has 1 aromatic heterocycles. The van der Waals surface area contributed by atoms with Crippen LogP contribution in [0.1, 0.15) is 35.4 Å². The Morgan fingerprint density at radius 3 is 2.54 bits per heavy atom. The van der Waals surface area contributed by atoms with E-state index in [2.05, 4.69) is 27.4 Å². The molecule has 1 fully saturated rings. The maximum absolute atomic E-state index is 13.2. The van der Waals surface area contributed by atoms with Crippen LogP contribution in [-0.4, -0.2) is 45.5 Å². The minimum atomic E-state index is -0.503. The quantitative estimate of drug-likeness (QED) is 0.354. The van der Waals surface area contributed by atoms with Crippen molar-refractivity contribution in [3.63, 3.8) is 0 Å². The number of rotatable bonds is 7. The molecule has 4 aromatic rings. The summed E-state index contributed by atoms with van der Waals surface area (Å²) in [5.41, 5.74) is 7.24. The Balaban J connectivity index is 1.32. The van der Waals surface area contributed by atoms with Gasteiger partial charge in [-0.3, -0.25) is 14.6 Å². The third-order valence-electron chi connectivity index (χ3n) is 7.08. The summed E-state index contributed by atoms with van der Waals surface area (Å²) in [5.74, 6) is -0.335. The molecule has 0 radical (unpaired) electrons. The van der Waals surface area contributed by atoms with Crippen LogP contribution in [0.25, 0.3) is 11.3 Å². The first-order chi connectivity index (χ1) is 18.2. The minimum absolute atomic E-state index is 0.0781. The number of carbonyl (C=O) groups excluding carboxylic acids is 2. The smallest absolute Gasteiger partial charge is 0.238 e. The van der Waals surface area contributed by atoms with E-state index in [4.69, 9.17) is 4.99 Å². The largest absolute Gasteiger partial charge is 0.345 e. The van der Waals surface area contributed by atoms with Crippen LogP contribution in [0.2, 0.25) is 0 Å². The Morgan fingerprint density at radius 1 is 1.00 bits per heavy atom. The lowest BCUT2D eigenvalue weighted by molar-refractivity contribution is -0.127. The fourth-order valence-electron chi connectivity index (χ4n) is 5.09. The number of hydrogen-bond acceptors (Lipinski definition) is 4. The van der Waals surface area contributed by atoms with Crippen LogP contribution in [0.15, 0.2) is 90.3 Å². The lowest BCUT2D eigenvalue weighted by Crippen LogP contribution is -2.26. The van der Waals surface area contributed by atoms with Crippen molar-refractivity contribution in [3.8, 4) is 11.3 Å². The van der Waals surface area contributed by atoms with E-state index >= 15 is 0 Å². The summed E-state index contributed by atoms with van der Waals surface area (Å²) in [7, 11) is 0. The molecule has 0 saturated carbocycles. The van der Waals surface area contributed by atoms with Crippen molar-refractivity contribution in [2.45, 2.75) is 25.2 Å². The van der Waals surface area contributed by atoms with Crippen LogP contribution in [0.5, 0.6) is 0 Å². The number of nitrogens with zero attached hydrogens (tertiary/aromatic N) is 3. The van der Waals surface area contributed by atoms with Gasteiger partial charge in [0.15, 0.2) is 0 Å². The number of likely N-dealkylation sites (tertiary alicyclic amines) is 1. The normalized spacial score (nSPS) is 17.2. The molecule has 1 atom stereocenters. The van der Waals surface area contributed by atoms with Gasteiger partial charge in [-0.1, -0.05) is 54.6 Å². The molecule has 2 aliphatic heterocycles. The summed E-state index contributed by atoms with van der Waals surface area (Å²) in [6, 6.07) is 23.9. The third kappa shape index (κ3) is 4.68. The second-order valence-corrected chi connectivity index (χ2v) is 9.45. The molecule has 0 bridgehead atoms. The lowest BCUT2D eigenvalue weighted by atomic mass is 9.90. The first kappa shape index (κ1) is 22.9. The van der Waals surface area contributed by atoms with Gasteiger partial charge < -0.3 is 15.2 Å². The Kier molecular flexibility index (Phi) is 6.10. The van der Waals surface area contributed by atoms with E-state index in [1.165, 1.54) is 0 Å². The second-order valence-electron chi connectivity index (χ2n) is 9.45. The molecule has 1 unspecified atom stereocenters. The lowest BCUT2D eigenvalue weighted by Gasteiger charge is -2.16. The van der Waals surface area contributed by atoms with E-state index < -0.39 is 5.92 Å². The second kappa shape index (κ2) is 9.85. The van der Waals surface area contributed by atoms with E-state index in [1.807, 2.05) is 65.6 Å². The number of carbonyl (C=O) groups is 2. The molecule has 184 valence electrons. The highest BCUT2D eigenvalue weighted by atomic mass is 16.2. The third-order valence-corrected chi connectivity index (χ3v) is 7.08. The van der Waals surface area contributed by atoms with Gasteiger partial charge in [0, 0.05) is 25.2 Å². The van der Waals surface area contributed by atoms with Crippen molar-refractivity contribution in [2.24, 2.45) is 4.99 Å². The van der Waals surface area contributed by atoms with Crippen LogP contribution in [0.4, 0.5) is 11.4 Å². The Bertz CT molecular complexity index is 1460. The number of aliphatic imine (C=N–C) groups is 1. The number of H-pyrrole nitrogens is 1. The Labute approximate surface area is 215 Å². The average Bonchev–Trinajstić information content (AvgIpc) is 3.67. The van der Waals surface area contributed by atoms with Gasteiger partial charge in [-0.15, -0.1) is 0 Å². The molecule has 3 aromatic carbocycles. The summed E-state index contributed by atoms with van der Waals surface area (Å²) in [6.07, 6.45) is 5.85. The molecule has 1 saturated heterocycles. The van der Waals surface area contributed by atoms with E-state index in [0.717, 1.165) is 65.3 Å². The monoisotopic (exact) mass is 489 g/mol. The summed E-state index contributed by atoms with van der Waals surface area (Å²) in [5, 5.41) is 3.01. The molecule has 37 heavy (non-hydrogen) atoms. The number of fused-ring (bicyclic) bond motifs is 1. The molecule has 0 aliphatic carbocycles. The van der Waals surface area contributed by atoms with E-state index in [-0.39, 0.29) is 11.8 Å². The van der Waals surface area contributed by atoms with Crippen molar-refractivity contribution in [2.75, 3.05) is 18.4 Å². The van der Waals surface area contributed by atoms with Crippen molar-refractivity contribution >= 4 is 28.9 Å². The van der Waals surface area contributed by atoms with E-state index in [1.54, 1.807) is 12.5 Å². The standard InChI is InChI=1S/C30H27N5O2/c36-27-6-3-16-35(27)17-15-20-7-9-22(10-8-20)29(28-24-4-1-2-5-25(24)34-30(28)37)33-23-13-11-21(12-14-23)26-18-31-19-32-26/h1-2,4-5,7-14,18-19,28H,3,6,15-17H2,(H,31,32)(H,34,37). The molecule has 2 N–H and O–H groups in total. The highest BCUT2D eigenvalue weighted by molar-refractivity contribution is 6.24. The highest BCUT2D eigenvalue weighted by Gasteiger charge is 2.35. The number of aromatic nitrogens is 2. The topological polar surface area (TPSA) is 90.4 Å². The van der Waals surface area contributed by atoms with Crippen molar-refractivity contribution in [3.05, 3.63) is 102 Å². The number of amides is 2. The minimum Gasteiger partial charge on any atom is -0.345 e. The van der Waals surface area contributed by atoms with Crippen molar-refractivity contribution < 1.29 is 9.59 Å². The summed E-state index contributed by atoms with van der Waals surface area (Å²) in [6.45, 7) is 1.59. The first-order valence-corrected chi connectivity index (χ1v) is 12.6. The summed E-state index contributed by atoms with van der Waals surface area (Å²) < 4.78 is 0. The number of imidazole rings is 1. The van der Waals surface area contributed by atoms with E-state index in [9.17, 15) is 9.59 Å². The van der Waals surface area contributed by atoms with Gasteiger partial charge in [0.1, 0.15) is 5.92 Å². The molecule has 7 heteroatoms. The van der Waals surface area contributed by atoms with Gasteiger partial charge >= 0.3 is 0 Å². The van der Waals surface area contributed by atoms with Crippen LogP contribution in [0.3, 0.4) is 0 Å². The zero-order chi connectivity index (χ0) is 25.2. The fraction of sp³-hybridized carbons (Fsp3) is 0.200. The van der Waals surface area contributed by atoms with Gasteiger partial charge in [0.25, 0.3) is 0 Å². The van der Waals surface area contributed by atoms with Crippen LogP contribution in [0, 0.1) is 0 Å². The predicted octanol–water partition coefficient (Wildman–Crippen LogP) is 5.10. The highest BCUT2D eigenvalue weighted by Crippen LogP contribution is 2.36. The van der Waals surface area contributed by atoms with Gasteiger partial charge in [-0.25, -0.2) is 4.98 Å². The van der Waals surface area contributed by atoms with Crippen LogP contribution >= 0.6 is 0 Å². The number of anilines is 1. The maximum Gasteiger partial charge on any atom is 0.238 e. The average molecular weight is 490 g/mol. The molecule has 2 aliphatic rings. The molecule has 3 heterocycles. The molecular formula is C30H27N5O2. The molecule has 2 amide bonds. The summed E-state index contributed by atoms with van der Waals surface area (Å²) in [4.78, 5) is 39.3. The first-order valence-electron chi connectivity index (χ1n) is 12.6. The number of benzene rings is 3. The maximum atomic E-state index is 13.2. The van der Waals surface area contributed by atoms with Gasteiger partial charge in [0.05, 0.1) is 29.6 Å². The zero-order valence-corrected chi connectivity index (χ0v) is 20.4. The van der Waals surface area contributed by atoms with Gasteiger partial charge in [0.2, 0.25) is 11.8 Å². The predicted molar refractivity (Wildman–Crippen MR) is 144 cm³/mol. The van der Waals surface area contributed by atoms with Crippen molar-refractivity contribution in [1.29, 1.82) is 0 Å². The Morgan fingerprint density at radius 2 is 1.81 bits per heavy atom. The van der Waals surface area contributed by atoms with Gasteiger partial charge in [-0.2, -0.15) is 0 Å². The summed E-state index contributed by atoms with van der Waals surface area (Å²) >= 11 is 0. The van der Waals surface area contributed by atoms with Crippen LogP contribution in [-0.2, 0) is 16.0 Å². The SMILES string of the molecule is O=C1Nc2ccccc2C1C(=Nc1ccc(-c2cnc[nH]2)cc1)c1ccc(CCN2CCCC2=O)cc1. The number of para-hydroxylation sites is 1.